The van der Waals surface area contributed by atoms with Gasteiger partial charge < -0.3 is 4.57 Å². The molecule has 2 rings (SSSR count). The van der Waals surface area contributed by atoms with E-state index >= 15 is 0 Å². The molecule has 1 aromatic heterocycles. The monoisotopic (exact) mass is 271 g/mol. The molecule has 1 atom stereocenters. The second kappa shape index (κ2) is 4.66. The fraction of sp³-hybridized carbons (Fsp3) is 0.750. The van der Waals surface area contributed by atoms with Gasteiger partial charge in [0.25, 0.3) is 10.0 Å². The largest absolute Gasteiger partial charge is 0.330 e. The molecular weight excluding hydrogens is 250 g/mol. The highest BCUT2D eigenvalue weighted by Gasteiger charge is 2.31. The summed E-state index contributed by atoms with van der Waals surface area (Å²) in [5.74, 6) is 1.36. The Bertz CT molecular complexity index is 546. The molecule has 0 radical (unpaired) electrons. The van der Waals surface area contributed by atoms with Crippen molar-refractivity contribution in [1.82, 2.24) is 14.3 Å². The summed E-state index contributed by atoms with van der Waals surface area (Å²) in [7, 11) is -2.03. The van der Waals surface area contributed by atoms with Crippen LogP contribution in [0.1, 0.15) is 57.0 Å². The van der Waals surface area contributed by atoms with Crippen molar-refractivity contribution in [1.29, 1.82) is 0 Å². The number of sulfonamides is 1. The molecule has 0 saturated heterocycles. The average molecular weight is 271 g/mol. The van der Waals surface area contributed by atoms with Gasteiger partial charge in [-0.2, -0.15) is 0 Å². The molecule has 0 saturated carbocycles. The smallest absolute Gasteiger partial charge is 0.259 e. The zero-order chi connectivity index (χ0) is 13.5. The van der Waals surface area contributed by atoms with E-state index in [2.05, 4.69) is 21.2 Å². The van der Waals surface area contributed by atoms with E-state index in [0.29, 0.717) is 0 Å². The van der Waals surface area contributed by atoms with E-state index in [9.17, 15) is 8.42 Å². The lowest BCUT2D eigenvalue weighted by Gasteiger charge is -2.23. The normalized spacial score (nSPS) is 20.2. The van der Waals surface area contributed by atoms with Crippen molar-refractivity contribution in [3.8, 4) is 0 Å². The minimum absolute atomic E-state index is 0.223. The number of hydrogen-bond acceptors (Lipinski definition) is 3. The van der Waals surface area contributed by atoms with Crippen LogP contribution in [0, 0.1) is 0 Å². The maximum atomic E-state index is 12.1. The van der Waals surface area contributed by atoms with Gasteiger partial charge in [0, 0.05) is 12.5 Å². The van der Waals surface area contributed by atoms with Crippen molar-refractivity contribution < 1.29 is 8.42 Å². The number of hydrogen-bond donors (Lipinski definition) is 1. The summed E-state index contributed by atoms with van der Waals surface area (Å²) >= 11 is 0. The van der Waals surface area contributed by atoms with E-state index in [4.69, 9.17) is 0 Å². The molecule has 1 N–H and O–H groups in total. The van der Waals surface area contributed by atoms with Gasteiger partial charge in [-0.15, -0.1) is 0 Å². The zero-order valence-corrected chi connectivity index (χ0v) is 12.2. The van der Waals surface area contributed by atoms with Gasteiger partial charge in [0.1, 0.15) is 5.82 Å². The molecule has 0 fully saturated rings. The number of aromatic nitrogens is 2. The van der Waals surface area contributed by atoms with E-state index in [-0.39, 0.29) is 16.9 Å². The van der Waals surface area contributed by atoms with Crippen LogP contribution in [-0.2, 0) is 16.6 Å². The van der Waals surface area contributed by atoms with Crippen molar-refractivity contribution in [3.63, 3.8) is 0 Å². The standard InChI is InChI=1S/C12H21N3O2S/c1-8(2)11-14-12(18(16,17)13-4)10-9(3)6-5-7-15(10)11/h8-9,13H,5-7H2,1-4H3. The molecule has 5 nitrogen and oxygen atoms in total. The SMILES string of the molecule is CNS(=O)(=O)c1nc(C(C)C)n2c1C(C)CCC2. The summed E-state index contributed by atoms with van der Waals surface area (Å²) in [5.41, 5.74) is 0.874. The summed E-state index contributed by atoms with van der Waals surface area (Å²) in [6, 6.07) is 0. The highest BCUT2D eigenvalue weighted by molar-refractivity contribution is 7.89. The van der Waals surface area contributed by atoms with Gasteiger partial charge in [0.05, 0.1) is 5.69 Å². The molecule has 1 aromatic rings. The summed E-state index contributed by atoms with van der Waals surface area (Å²) in [4.78, 5) is 4.40. The van der Waals surface area contributed by atoms with Gasteiger partial charge in [-0.25, -0.2) is 18.1 Å². The van der Waals surface area contributed by atoms with Gasteiger partial charge in [0.2, 0.25) is 0 Å². The minimum Gasteiger partial charge on any atom is -0.330 e. The quantitative estimate of drug-likeness (QED) is 0.912. The first-order valence-corrected chi connectivity index (χ1v) is 7.90. The predicted octanol–water partition coefficient (Wildman–Crippen LogP) is 1.81. The molecular formula is C12H21N3O2S. The second-order valence-corrected chi connectivity index (χ2v) is 7.02. The zero-order valence-electron chi connectivity index (χ0n) is 11.4. The van der Waals surface area contributed by atoms with Crippen LogP contribution < -0.4 is 4.72 Å². The average Bonchev–Trinajstić information content (AvgIpc) is 2.70. The van der Waals surface area contributed by atoms with E-state index in [1.807, 2.05) is 13.8 Å². The number of fused-ring (bicyclic) bond motifs is 1. The third-order valence-electron chi connectivity index (χ3n) is 3.53. The summed E-state index contributed by atoms with van der Waals surface area (Å²) in [5, 5.41) is 0.223. The third kappa shape index (κ3) is 2.07. The summed E-state index contributed by atoms with van der Waals surface area (Å²) < 4.78 is 28.6. The molecule has 2 heterocycles. The van der Waals surface area contributed by atoms with Crippen LogP contribution in [0.3, 0.4) is 0 Å². The maximum Gasteiger partial charge on any atom is 0.259 e. The number of rotatable bonds is 3. The van der Waals surface area contributed by atoms with Crippen molar-refractivity contribution in [2.45, 2.75) is 57.0 Å². The predicted molar refractivity (Wildman–Crippen MR) is 70.2 cm³/mol. The van der Waals surface area contributed by atoms with E-state index in [0.717, 1.165) is 30.9 Å². The molecule has 0 bridgehead atoms. The Morgan fingerprint density at radius 2 is 2.11 bits per heavy atom. The highest BCUT2D eigenvalue weighted by Crippen LogP contribution is 2.34. The van der Waals surface area contributed by atoms with E-state index in [1.54, 1.807) is 0 Å². The fourth-order valence-corrected chi connectivity index (χ4v) is 3.59. The molecule has 0 aromatic carbocycles. The van der Waals surface area contributed by atoms with E-state index < -0.39 is 10.0 Å². The highest BCUT2D eigenvalue weighted by atomic mass is 32.2. The van der Waals surface area contributed by atoms with Crippen molar-refractivity contribution in [3.05, 3.63) is 11.5 Å². The Kier molecular flexibility index (Phi) is 3.51. The third-order valence-corrected chi connectivity index (χ3v) is 4.87. The molecule has 1 aliphatic heterocycles. The molecule has 18 heavy (non-hydrogen) atoms. The Labute approximate surface area is 109 Å². The number of nitrogens with one attached hydrogen (secondary N) is 1. The summed E-state index contributed by atoms with van der Waals surface area (Å²) in [6.07, 6.45) is 2.11. The van der Waals surface area contributed by atoms with Crippen LogP contribution in [0.4, 0.5) is 0 Å². The van der Waals surface area contributed by atoms with E-state index in [1.165, 1.54) is 7.05 Å². The first kappa shape index (κ1) is 13.5. The molecule has 102 valence electrons. The first-order chi connectivity index (χ1) is 8.38. The first-order valence-electron chi connectivity index (χ1n) is 6.42. The van der Waals surface area contributed by atoms with Gasteiger partial charge in [-0.1, -0.05) is 20.8 Å². The van der Waals surface area contributed by atoms with Gasteiger partial charge in [0.15, 0.2) is 5.03 Å². The molecule has 1 unspecified atom stereocenters. The van der Waals surface area contributed by atoms with Crippen LogP contribution in [0.5, 0.6) is 0 Å². The Hall–Kier alpha value is -0.880. The Balaban J connectivity index is 2.68. The number of imidazole rings is 1. The van der Waals surface area contributed by atoms with Crippen LogP contribution in [0.15, 0.2) is 5.03 Å². The second-order valence-electron chi connectivity index (χ2n) is 5.22. The molecule has 0 amide bonds. The molecule has 0 spiro atoms. The lowest BCUT2D eigenvalue weighted by atomic mass is 9.98. The molecule has 0 aliphatic carbocycles. The van der Waals surface area contributed by atoms with Crippen molar-refractivity contribution in [2.24, 2.45) is 0 Å². The lowest BCUT2D eigenvalue weighted by Crippen LogP contribution is -2.23. The van der Waals surface area contributed by atoms with Crippen LogP contribution in [-0.4, -0.2) is 25.0 Å². The summed E-state index contributed by atoms with van der Waals surface area (Å²) in [6.45, 7) is 7.04. The molecule has 6 heteroatoms. The Morgan fingerprint density at radius 1 is 1.44 bits per heavy atom. The van der Waals surface area contributed by atoms with Crippen LogP contribution in [0.25, 0.3) is 0 Å². The minimum atomic E-state index is -3.47. The van der Waals surface area contributed by atoms with Gasteiger partial charge >= 0.3 is 0 Å². The van der Waals surface area contributed by atoms with Gasteiger partial charge in [-0.3, -0.25) is 0 Å². The van der Waals surface area contributed by atoms with Crippen molar-refractivity contribution in [2.75, 3.05) is 7.05 Å². The van der Waals surface area contributed by atoms with Crippen LogP contribution >= 0.6 is 0 Å². The topological polar surface area (TPSA) is 64.0 Å². The fourth-order valence-electron chi connectivity index (χ4n) is 2.60. The van der Waals surface area contributed by atoms with Crippen LogP contribution in [0.2, 0.25) is 0 Å². The number of nitrogens with zero attached hydrogens (tertiary/aromatic N) is 2. The van der Waals surface area contributed by atoms with Crippen molar-refractivity contribution >= 4 is 10.0 Å². The Morgan fingerprint density at radius 3 is 2.67 bits per heavy atom. The lowest BCUT2D eigenvalue weighted by molar-refractivity contribution is 0.451. The molecule has 1 aliphatic rings. The maximum absolute atomic E-state index is 12.1. The van der Waals surface area contributed by atoms with Gasteiger partial charge in [-0.05, 0) is 25.8 Å².